The van der Waals surface area contributed by atoms with E-state index in [1.165, 1.54) is 0 Å². The molecule has 0 saturated carbocycles. The predicted octanol–water partition coefficient (Wildman–Crippen LogP) is 3.66. The van der Waals surface area contributed by atoms with Gasteiger partial charge >= 0.3 is 0 Å². The molecule has 0 atom stereocenters. The molecule has 0 aliphatic rings. The maximum atomic E-state index is 11.7. The smallest absolute Gasteiger partial charge is 0.257 e. The third kappa shape index (κ3) is 5.64. The molecule has 0 spiro atoms. The molecule has 1 N–H and O–H groups in total. The van der Waals surface area contributed by atoms with Crippen molar-refractivity contribution in [3.63, 3.8) is 0 Å². The van der Waals surface area contributed by atoms with Crippen LogP contribution >= 0.6 is 0 Å². The number of carbonyl (C=O) groups excluding carboxylic acids is 1. The Morgan fingerprint density at radius 1 is 1.25 bits per heavy atom. The molecule has 3 nitrogen and oxygen atoms in total. The van der Waals surface area contributed by atoms with Gasteiger partial charge < -0.3 is 10.1 Å². The van der Waals surface area contributed by atoms with Crippen LogP contribution in [0.1, 0.15) is 51.2 Å². The molecule has 0 aliphatic heterocycles. The average molecular weight is 277 g/mol. The minimum absolute atomic E-state index is 0.0538. The van der Waals surface area contributed by atoms with Crippen LogP contribution in [0.25, 0.3) is 0 Å². The summed E-state index contributed by atoms with van der Waals surface area (Å²) in [5.74, 6) is 1.75. The minimum Gasteiger partial charge on any atom is -0.483 e. The largest absolute Gasteiger partial charge is 0.483 e. The van der Waals surface area contributed by atoms with Gasteiger partial charge in [0.2, 0.25) is 0 Å². The Bertz CT molecular complexity index is 439. The molecular formula is C17H27NO2. The third-order valence-corrected chi connectivity index (χ3v) is 3.19. The van der Waals surface area contributed by atoms with Gasteiger partial charge in [0.1, 0.15) is 5.75 Å². The Morgan fingerprint density at radius 3 is 2.55 bits per heavy atom. The summed E-state index contributed by atoms with van der Waals surface area (Å²) in [5.41, 5.74) is 2.29. The fourth-order valence-electron chi connectivity index (χ4n) is 1.94. The molecule has 0 saturated heterocycles. The number of amides is 1. The number of ether oxygens (including phenoxy) is 1. The van der Waals surface area contributed by atoms with Crippen LogP contribution < -0.4 is 10.1 Å². The maximum absolute atomic E-state index is 11.7. The van der Waals surface area contributed by atoms with E-state index in [1.807, 2.05) is 13.0 Å². The first kappa shape index (κ1) is 16.5. The summed E-state index contributed by atoms with van der Waals surface area (Å²) in [6, 6.07) is 6.15. The van der Waals surface area contributed by atoms with Crippen LogP contribution in [-0.2, 0) is 4.79 Å². The summed E-state index contributed by atoms with van der Waals surface area (Å²) in [5, 5.41) is 2.88. The predicted molar refractivity (Wildman–Crippen MR) is 83.2 cm³/mol. The molecule has 0 bridgehead atoms. The lowest BCUT2D eigenvalue weighted by Crippen LogP contribution is -2.30. The van der Waals surface area contributed by atoms with E-state index in [2.05, 4.69) is 45.1 Å². The van der Waals surface area contributed by atoms with Crippen LogP contribution in [0, 0.1) is 12.8 Å². The number of nitrogens with one attached hydrogen (secondary N) is 1. The normalized spacial score (nSPS) is 10.9. The SMILES string of the molecule is Cc1ccc(C(C)C)c(OCC(=O)NCCC(C)C)c1. The maximum Gasteiger partial charge on any atom is 0.257 e. The van der Waals surface area contributed by atoms with E-state index in [0.717, 1.165) is 23.3 Å². The number of rotatable bonds is 7. The van der Waals surface area contributed by atoms with Gasteiger partial charge in [-0.15, -0.1) is 0 Å². The monoisotopic (exact) mass is 277 g/mol. The zero-order valence-electron chi connectivity index (χ0n) is 13.3. The van der Waals surface area contributed by atoms with Gasteiger partial charge in [-0.25, -0.2) is 0 Å². The van der Waals surface area contributed by atoms with Crippen molar-refractivity contribution in [1.29, 1.82) is 0 Å². The zero-order valence-corrected chi connectivity index (χ0v) is 13.3. The molecule has 1 aromatic rings. The Kier molecular flexibility index (Phi) is 6.56. The second kappa shape index (κ2) is 7.93. The van der Waals surface area contributed by atoms with Gasteiger partial charge in [0, 0.05) is 6.54 Å². The zero-order chi connectivity index (χ0) is 15.1. The highest BCUT2D eigenvalue weighted by Gasteiger charge is 2.10. The van der Waals surface area contributed by atoms with Crippen molar-refractivity contribution in [3.8, 4) is 5.75 Å². The van der Waals surface area contributed by atoms with Gasteiger partial charge in [0.15, 0.2) is 6.61 Å². The Labute approximate surface area is 122 Å². The van der Waals surface area contributed by atoms with Crippen molar-refractivity contribution < 1.29 is 9.53 Å². The molecule has 0 radical (unpaired) electrons. The number of benzene rings is 1. The summed E-state index contributed by atoms with van der Waals surface area (Å²) < 4.78 is 5.69. The summed E-state index contributed by atoms with van der Waals surface area (Å²) in [6.45, 7) is 11.4. The van der Waals surface area contributed by atoms with Crippen molar-refractivity contribution in [2.75, 3.05) is 13.2 Å². The highest BCUT2D eigenvalue weighted by molar-refractivity contribution is 5.77. The first-order chi connectivity index (χ1) is 9.40. The van der Waals surface area contributed by atoms with Gasteiger partial charge in [-0.1, -0.05) is 39.8 Å². The van der Waals surface area contributed by atoms with Crippen molar-refractivity contribution in [3.05, 3.63) is 29.3 Å². The van der Waals surface area contributed by atoms with E-state index in [1.54, 1.807) is 0 Å². The van der Waals surface area contributed by atoms with Crippen LogP contribution in [0.4, 0.5) is 0 Å². The topological polar surface area (TPSA) is 38.3 Å². The quantitative estimate of drug-likeness (QED) is 0.826. The van der Waals surface area contributed by atoms with Crippen molar-refractivity contribution in [2.24, 2.45) is 5.92 Å². The lowest BCUT2D eigenvalue weighted by atomic mass is 10.0. The van der Waals surface area contributed by atoms with Crippen LogP contribution in [0.3, 0.4) is 0 Å². The molecule has 0 fully saturated rings. The molecule has 112 valence electrons. The standard InChI is InChI=1S/C17H27NO2/c1-12(2)8-9-18-17(19)11-20-16-10-14(5)6-7-15(16)13(3)4/h6-7,10,12-13H,8-9,11H2,1-5H3,(H,18,19). The first-order valence-corrected chi connectivity index (χ1v) is 7.40. The summed E-state index contributed by atoms with van der Waals surface area (Å²) >= 11 is 0. The summed E-state index contributed by atoms with van der Waals surface area (Å²) in [4.78, 5) is 11.7. The molecule has 0 heterocycles. The first-order valence-electron chi connectivity index (χ1n) is 7.40. The molecule has 1 aromatic carbocycles. The number of hydrogen-bond donors (Lipinski definition) is 1. The highest BCUT2D eigenvalue weighted by atomic mass is 16.5. The molecule has 0 unspecified atom stereocenters. The summed E-state index contributed by atoms with van der Waals surface area (Å²) in [6.07, 6.45) is 0.993. The van der Waals surface area contributed by atoms with Crippen LogP contribution in [0.15, 0.2) is 18.2 Å². The van der Waals surface area contributed by atoms with Crippen molar-refractivity contribution in [1.82, 2.24) is 5.32 Å². The van der Waals surface area contributed by atoms with E-state index in [9.17, 15) is 4.79 Å². The van der Waals surface area contributed by atoms with Gasteiger partial charge in [-0.05, 0) is 42.4 Å². The Hall–Kier alpha value is -1.51. The fraction of sp³-hybridized carbons (Fsp3) is 0.588. The molecule has 3 heteroatoms. The summed E-state index contributed by atoms with van der Waals surface area (Å²) in [7, 11) is 0. The Morgan fingerprint density at radius 2 is 1.95 bits per heavy atom. The molecule has 0 aliphatic carbocycles. The van der Waals surface area contributed by atoms with Gasteiger partial charge in [-0.2, -0.15) is 0 Å². The highest BCUT2D eigenvalue weighted by Crippen LogP contribution is 2.27. The minimum atomic E-state index is -0.0538. The molecule has 20 heavy (non-hydrogen) atoms. The molecule has 1 amide bonds. The second-order valence-corrected chi connectivity index (χ2v) is 6.02. The molecule has 0 aromatic heterocycles. The molecule has 1 rings (SSSR count). The Balaban J connectivity index is 2.52. The van der Waals surface area contributed by atoms with E-state index >= 15 is 0 Å². The third-order valence-electron chi connectivity index (χ3n) is 3.19. The van der Waals surface area contributed by atoms with Gasteiger partial charge in [0.05, 0.1) is 0 Å². The average Bonchev–Trinajstić information content (AvgIpc) is 2.35. The van der Waals surface area contributed by atoms with E-state index in [0.29, 0.717) is 18.4 Å². The fourth-order valence-corrected chi connectivity index (χ4v) is 1.94. The van der Waals surface area contributed by atoms with E-state index in [4.69, 9.17) is 4.74 Å². The number of hydrogen-bond acceptors (Lipinski definition) is 2. The van der Waals surface area contributed by atoms with Crippen LogP contribution in [0.2, 0.25) is 0 Å². The second-order valence-electron chi connectivity index (χ2n) is 6.02. The lowest BCUT2D eigenvalue weighted by molar-refractivity contribution is -0.123. The van der Waals surface area contributed by atoms with Crippen molar-refractivity contribution in [2.45, 2.75) is 47.0 Å². The van der Waals surface area contributed by atoms with E-state index < -0.39 is 0 Å². The van der Waals surface area contributed by atoms with Gasteiger partial charge in [-0.3, -0.25) is 4.79 Å². The van der Waals surface area contributed by atoms with Gasteiger partial charge in [0.25, 0.3) is 5.91 Å². The number of carbonyl (C=O) groups is 1. The van der Waals surface area contributed by atoms with Crippen LogP contribution in [-0.4, -0.2) is 19.1 Å². The number of aryl methyl sites for hydroxylation is 1. The van der Waals surface area contributed by atoms with Crippen LogP contribution in [0.5, 0.6) is 5.75 Å². The van der Waals surface area contributed by atoms with E-state index in [-0.39, 0.29) is 12.5 Å². The van der Waals surface area contributed by atoms with Crippen molar-refractivity contribution >= 4 is 5.91 Å². The lowest BCUT2D eigenvalue weighted by Gasteiger charge is -2.15. The molecular weight excluding hydrogens is 250 g/mol.